The van der Waals surface area contributed by atoms with E-state index in [1.165, 1.54) is 5.56 Å². The Bertz CT molecular complexity index is 430. The Morgan fingerprint density at radius 2 is 1.91 bits per heavy atom. The van der Waals surface area contributed by atoms with Crippen molar-refractivity contribution in [2.75, 3.05) is 53.1 Å². The molecule has 0 spiro atoms. The van der Waals surface area contributed by atoms with Crippen molar-refractivity contribution in [2.24, 2.45) is 0 Å². The second-order valence-corrected chi connectivity index (χ2v) is 5.05. The van der Waals surface area contributed by atoms with Gasteiger partial charge in [-0.15, -0.1) is 24.8 Å². The van der Waals surface area contributed by atoms with Crippen LogP contribution in [0.2, 0.25) is 0 Å². The van der Waals surface area contributed by atoms with Gasteiger partial charge in [-0.05, 0) is 24.6 Å². The molecule has 0 radical (unpaired) electrons. The molecule has 1 heterocycles. The maximum absolute atomic E-state index is 5.52. The SMILES string of the molecule is CCOc1ccc(CNCCN2CCOCC2)cc1OC.Cl.Cl. The minimum Gasteiger partial charge on any atom is -0.493 e. The van der Waals surface area contributed by atoms with E-state index in [0.29, 0.717) is 6.61 Å². The van der Waals surface area contributed by atoms with Crippen LogP contribution in [0.25, 0.3) is 0 Å². The molecule has 7 heteroatoms. The molecule has 1 N–H and O–H groups in total. The molecule has 0 unspecified atom stereocenters. The normalized spacial score (nSPS) is 14.5. The topological polar surface area (TPSA) is 43.0 Å². The van der Waals surface area contributed by atoms with Gasteiger partial charge in [0, 0.05) is 32.7 Å². The number of nitrogens with one attached hydrogen (secondary N) is 1. The monoisotopic (exact) mass is 366 g/mol. The summed E-state index contributed by atoms with van der Waals surface area (Å²) in [6, 6.07) is 6.09. The molecule has 1 fully saturated rings. The molecule has 0 aromatic heterocycles. The fourth-order valence-electron chi connectivity index (χ4n) is 2.39. The molecule has 23 heavy (non-hydrogen) atoms. The van der Waals surface area contributed by atoms with Crippen molar-refractivity contribution in [1.82, 2.24) is 10.2 Å². The quantitative estimate of drug-likeness (QED) is 0.715. The maximum Gasteiger partial charge on any atom is 0.161 e. The summed E-state index contributed by atoms with van der Waals surface area (Å²) in [5.74, 6) is 1.60. The van der Waals surface area contributed by atoms with E-state index in [1.807, 2.05) is 19.1 Å². The van der Waals surface area contributed by atoms with Crippen LogP contribution in [-0.4, -0.2) is 58.0 Å². The Morgan fingerprint density at radius 1 is 1.17 bits per heavy atom. The number of halogens is 2. The number of benzene rings is 1. The fraction of sp³-hybridized carbons (Fsp3) is 0.625. The van der Waals surface area contributed by atoms with E-state index in [1.54, 1.807) is 7.11 Å². The first-order chi connectivity index (χ1) is 10.3. The fourth-order valence-corrected chi connectivity index (χ4v) is 2.39. The smallest absolute Gasteiger partial charge is 0.161 e. The van der Waals surface area contributed by atoms with Crippen molar-refractivity contribution in [2.45, 2.75) is 13.5 Å². The van der Waals surface area contributed by atoms with Crippen LogP contribution >= 0.6 is 24.8 Å². The van der Waals surface area contributed by atoms with Crippen LogP contribution in [0.15, 0.2) is 18.2 Å². The summed E-state index contributed by atoms with van der Waals surface area (Å²) < 4.78 is 16.2. The van der Waals surface area contributed by atoms with Gasteiger partial charge in [0.1, 0.15) is 0 Å². The summed E-state index contributed by atoms with van der Waals surface area (Å²) in [6.07, 6.45) is 0. The Balaban J connectivity index is 0.00000242. The van der Waals surface area contributed by atoms with Gasteiger partial charge in [0.15, 0.2) is 11.5 Å². The standard InChI is InChI=1S/C16H26N2O3.2ClH/c1-3-21-15-5-4-14(12-16(15)19-2)13-17-6-7-18-8-10-20-11-9-18;;/h4-5,12,17H,3,6-11,13H2,1-2H3;2*1H. The first-order valence-electron chi connectivity index (χ1n) is 7.64. The van der Waals surface area contributed by atoms with Gasteiger partial charge < -0.3 is 19.5 Å². The molecule has 2 rings (SSSR count). The van der Waals surface area contributed by atoms with E-state index in [0.717, 1.165) is 57.4 Å². The summed E-state index contributed by atoms with van der Waals surface area (Å²) in [4.78, 5) is 2.43. The lowest BCUT2D eigenvalue weighted by Gasteiger charge is -2.26. The Morgan fingerprint density at radius 3 is 2.57 bits per heavy atom. The highest BCUT2D eigenvalue weighted by molar-refractivity contribution is 5.85. The molecule has 0 aliphatic carbocycles. The molecule has 1 aliphatic heterocycles. The van der Waals surface area contributed by atoms with E-state index < -0.39 is 0 Å². The summed E-state index contributed by atoms with van der Waals surface area (Å²) in [6.45, 7) is 9.30. The van der Waals surface area contributed by atoms with Gasteiger partial charge in [0.05, 0.1) is 26.9 Å². The summed E-state index contributed by atoms with van der Waals surface area (Å²) in [7, 11) is 1.67. The Labute approximate surface area is 151 Å². The van der Waals surface area contributed by atoms with E-state index in [4.69, 9.17) is 14.2 Å². The first kappa shape index (κ1) is 22.3. The van der Waals surface area contributed by atoms with E-state index in [9.17, 15) is 0 Å². The number of methoxy groups -OCH3 is 1. The van der Waals surface area contributed by atoms with Crippen LogP contribution < -0.4 is 14.8 Å². The molecule has 0 atom stereocenters. The van der Waals surface area contributed by atoms with Gasteiger partial charge in [0.2, 0.25) is 0 Å². The molecular weight excluding hydrogens is 339 g/mol. The lowest BCUT2D eigenvalue weighted by Crippen LogP contribution is -2.40. The lowest BCUT2D eigenvalue weighted by molar-refractivity contribution is 0.0384. The zero-order chi connectivity index (χ0) is 14.9. The van der Waals surface area contributed by atoms with Crippen LogP contribution in [-0.2, 0) is 11.3 Å². The van der Waals surface area contributed by atoms with E-state index in [2.05, 4.69) is 16.3 Å². The van der Waals surface area contributed by atoms with Gasteiger partial charge in [-0.3, -0.25) is 4.90 Å². The third-order valence-electron chi connectivity index (χ3n) is 3.57. The molecule has 0 amide bonds. The number of hydrogen-bond donors (Lipinski definition) is 1. The number of rotatable bonds is 8. The maximum atomic E-state index is 5.52. The lowest BCUT2D eigenvalue weighted by atomic mass is 10.2. The van der Waals surface area contributed by atoms with Crippen molar-refractivity contribution < 1.29 is 14.2 Å². The zero-order valence-corrected chi connectivity index (χ0v) is 15.5. The van der Waals surface area contributed by atoms with E-state index >= 15 is 0 Å². The largest absolute Gasteiger partial charge is 0.493 e. The molecular formula is C16H28Cl2N2O3. The third-order valence-corrected chi connectivity index (χ3v) is 3.57. The van der Waals surface area contributed by atoms with Crippen LogP contribution in [0, 0.1) is 0 Å². The van der Waals surface area contributed by atoms with Crippen molar-refractivity contribution >= 4 is 24.8 Å². The first-order valence-corrected chi connectivity index (χ1v) is 7.64. The Kier molecular flexibility index (Phi) is 12.3. The highest BCUT2D eigenvalue weighted by Crippen LogP contribution is 2.27. The van der Waals surface area contributed by atoms with Gasteiger partial charge in [-0.25, -0.2) is 0 Å². The number of hydrogen-bond acceptors (Lipinski definition) is 5. The number of ether oxygens (including phenoxy) is 3. The van der Waals surface area contributed by atoms with Crippen LogP contribution in [0.5, 0.6) is 11.5 Å². The molecule has 134 valence electrons. The van der Waals surface area contributed by atoms with Crippen molar-refractivity contribution in [3.05, 3.63) is 23.8 Å². The predicted octanol–water partition coefficient (Wildman–Crippen LogP) is 2.36. The van der Waals surface area contributed by atoms with Crippen molar-refractivity contribution in [3.8, 4) is 11.5 Å². The number of morpholine rings is 1. The highest BCUT2D eigenvalue weighted by Gasteiger charge is 2.09. The van der Waals surface area contributed by atoms with Gasteiger partial charge in [-0.1, -0.05) is 6.07 Å². The molecule has 0 bridgehead atoms. The summed E-state index contributed by atoms with van der Waals surface area (Å²) >= 11 is 0. The molecule has 1 aromatic carbocycles. The van der Waals surface area contributed by atoms with E-state index in [-0.39, 0.29) is 24.8 Å². The van der Waals surface area contributed by atoms with Crippen LogP contribution in [0.1, 0.15) is 12.5 Å². The van der Waals surface area contributed by atoms with Crippen LogP contribution in [0.4, 0.5) is 0 Å². The summed E-state index contributed by atoms with van der Waals surface area (Å²) in [5.41, 5.74) is 1.21. The second kappa shape index (κ2) is 12.7. The molecule has 1 saturated heterocycles. The minimum atomic E-state index is 0. The second-order valence-electron chi connectivity index (χ2n) is 5.05. The zero-order valence-electron chi connectivity index (χ0n) is 13.9. The number of nitrogens with zero attached hydrogens (tertiary/aromatic N) is 1. The Hall–Kier alpha value is -0.720. The predicted molar refractivity (Wildman–Crippen MR) is 97.6 cm³/mol. The summed E-state index contributed by atoms with van der Waals surface area (Å²) in [5, 5.41) is 3.47. The van der Waals surface area contributed by atoms with Gasteiger partial charge in [-0.2, -0.15) is 0 Å². The molecule has 1 aliphatic rings. The molecule has 0 saturated carbocycles. The van der Waals surface area contributed by atoms with Gasteiger partial charge >= 0.3 is 0 Å². The highest BCUT2D eigenvalue weighted by atomic mass is 35.5. The molecule has 1 aromatic rings. The van der Waals surface area contributed by atoms with Crippen molar-refractivity contribution in [3.63, 3.8) is 0 Å². The molecule has 5 nitrogen and oxygen atoms in total. The minimum absolute atomic E-state index is 0. The average molecular weight is 367 g/mol. The third kappa shape index (κ3) is 7.59. The average Bonchev–Trinajstić information content (AvgIpc) is 2.54. The van der Waals surface area contributed by atoms with Crippen molar-refractivity contribution in [1.29, 1.82) is 0 Å². The van der Waals surface area contributed by atoms with Gasteiger partial charge in [0.25, 0.3) is 0 Å². The van der Waals surface area contributed by atoms with Crippen LogP contribution in [0.3, 0.4) is 0 Å².